The van der Waals surface area contributed by atoms with Gasteiger partial charge in [0.25, 0.3) is 5.91 Å². The predicted molar refractivity (Wildman–Crippen MR) is 98.7 cm³/mol. The fourth-order valence-electron chi connectivity index (χ4n) is 1.88. The Morgan fingerprint density at radius 1 is 1.38 bits per heavy atom. The quantitative estimate of drug-likeness (QED) is 0.606. The first-order chi connectivity index (χ1) is 11.2. The molecule has 0 aliphatic heterocycles. The monoisotopic (exact) mass is 386 g/mol. The summed E-state index contributed by atoms with van der Waals surface area (Å²) >= 11 is 2.85. The molecule has 0 unspecified atom stereocenters. The number of aryl methyl sites for hydroxylation is 1. The van der Waals surface area contributed by atoms with Gasteiger partial charge in [-0.25, -0.2) is 8.42 Å². The molecule has 2 rings (SSSR count). The molecule has 0 aliphatic rings. The number of carbonyl (C=O) groups is 1. The summed E-state index contributed by atoms with van der Waals surface area (Å²) in [5, 5.41) is 11.0. The lowest BCUT2D eigenvalue weighted by atomic mass is 10.1. The van der Waals surface area contributed by atoms with E-state index in [9.17, 15) is 13.2 Å². The normalized spacial score (nSPS) is 11.3. The molecule has 10 heteroatoms. The maximum absolute atomic E-state index is 12.4. The van der Waals surface area contributed by atoms with E-state index >= 15 is 0 Å². The van der Waals surface area contributed by atoms with Crippen LogP contribution in [0.25, 0.3) is 0 Å². The zero-order chi connectivity index (χ0) is 17.9. The number of rotatable bonds is 6. The summed E-state index contributed by atoms with van der Waals surface area (Å²) in [5.74, 6) is 0.518. The van der Waals surface area contributed by atoms with Crippen LogP contribution in [0.3, 0.4) is 0 Å². The average Bonchev–Trinajstić information content (AvgIpc) is 2.93. The van der Waals surface area contributed by atoms with Gasteiger partial charge in [-0.2, -0.15) is 0 Å². The van der Waals surface area contributed by atoms with Crippen LogP contribution in [-0.2, 0) is 10.0 Å². The molecule has 2 aromatic rings. The van der Waals surface area contributed by atoms with Gasteiger partial charge in [0.15, 0.2) is 4.34 Å². The van der Waals surface area contributed by atoms with Crippen molar-refractivity contribution in [2.24, 2.45) is 0 Å². The van der Waals surface area contributed by atoms with Gasteiger partial charge >= 0.3 is 0 Å². The molecule has 130 valence electrons. The van der Waals surface area contributed by atoms with Crippen molar-refractivity contribution in [2.75, 3.05) is 28.7 Å². The molecular formula is C14H18N4O3S3. The minimum absolute atomic E-state index is 0.353. The number of carbonyl (C=O) groups excluding carboxylic acids is 1. The number of nitrogens with one attached hydrogen (secondary N) is 1. The molecule has 1 amide bonds. The van der Waals surface area contributed by atoms with E-state index in [1.807, 2.05) is 6.92 Å². The van der Waals surface area contributed by atoms with Crippen LogP contribution >= 0.6 is 23.1 Å². The number of benzene rings is 1. The fraction of sp³-hybridized carbons (Fsp3) is 0.357. The van der Waals surface area contributed by atoms with Crippen molar-refractivity contribution < 1.29 is 13.2 Å². The molecule has 0 fully saturated rings. The molecule has 0 aliphatic carbocycles. The van der Waals surface area contributed by atoms with Crippen LogP contribution in [0.1, 0.15) is 22.8 Å². The second-order valence-electron chi connectivity index (χ2n) is 4.99. The number of nitrogens with zero attached hydrogens (tertiary/aromatic N) is 3. The van der Waals surface area contributed by atoms with Crippen LogP contribution in [0, 0.1) is 6.92 Å². The highest BCUT2D eigenvalue weighted by molar-refractivity contribution is 8.01. The van der Waals surface area contributed by atoms with E-state index < -0.39 is 10.0 Å². The van der Waals surface area contributed by atoms with Crippen molar-refractivity contribution in [3.8, 4) is 0 Å². The predicted octanol–water partition coefficient (Wildman–Crippen LogP) is 2.61. The first-order valence-electron chi connectivity index (χ1n) is 7.04. The Morgan fingerprint density at radius 3 is 2.71 bits per heavy atom. The molecule has 0 radical (unpaired) electrons. The number of thioether (sulfide) groups is 1. The van der Waals surface area contributed by atoms with Crippen molar-refractivity contribution >= 4 is 49.8 Å². The third-order valence-electron chi connectivity index (χ3n) is 3.20. The Bertz CT molecular complexity index is 849. The first-order valence-corrected chi connectivity index (χ1v) is 10.7. The highest BCUT2D eigenvalue weighted by Crippen LogP contribution is 2.26. The maximum atomic E-state index is 12.4. The van der Waals surface area contributed by atoms with E-state index in [1.54, 1.807) is 36.9 Å². The molecule has 0 saturated carbocycles. The molecular weight excluding hydrogens is 368 g/mol. The van der Waals surface area contributed by atoms with Gasteiger partial charge in [0.05, 0.1) is 11.9 Å². The molecule has 7 nitrogen and oxygen atoms in total. The number of anilines is 2. The smallest absolute Gasteiger partial charge is 0.257 e. The molecule has 0 atom stereocenters. The second-order valence-corrected chi connectivity index (χ2v) is 9.49. The Kier molecular flexibility index (Phi) is 5.83. The molecule has 0 spiro atoms. The van der Waals surface area contributed by atoms with E-state index in [-0.39, 0.29) is 5.91 Å². The molecule has 1 aromatic heterocycles. The summed E-state index contributed by atoms with van der Waals surface area (Å²) in [5.41, 5.74) is 1.58. The van der Waals surface area contributed by atoms with Gasteiger partial charge in [0, 0.05) is 12.6 Å². The van der Waals surface area contributed by atoms with Crippen LogP contribution in [0.15, 0.2) is 22.5 Å². The number of sulfonamides is 1. The van der Waals surface area contributed by atoms with Crippen molar-refractivity contribution in [1.82, 2.24) is 10.2 Å². The van der Waals surface area contributed by atoms with Crippen LogP contribution < -0.4 is 9.62 Å². The highest BCUT2D eigenvalue weighted by atomic mass is 32.2. The minimum Gasteiger partial charge on any atom is -0.296 e. The lowest BCUT2D eigenvalue weighted by Gasteiger charge is -2.19. The molecule has 0 bridgehead atoms. The van der Waals surface area contributed by atoms with Crippen molar-refractivity contribution in [1.29, 1.82) is 0 Å². The zero-order valence-corrected chi connectivity index (χ0v) is 16.2. The van der Waals surface area contributed by atoms with Gasteiger partial charge in [0.1, 0.15) is 0 Å². The zero-order valence-electron chi connectivity index (χ0n) is 13.7. The molecule has 0 saturated heterocycles. The van der Waals surface area contributed by atoms with Gasteiger partial charge in [0.2, 0.25) is 15.2 Å². The number of hydrogen-bond donors (Lipinski definition) is 1. The minimum atomic E-state index is -3.40. The van der Waals surface area contributed by atoms with Crippen LogP contribution in [0.4, 0.5) is 10.8 Å². The van der Waals surface area contributed by atoms with Crippen LogP contribution in [0.5, 0.6) is 0 Å². The number of amides is 1. The van der Waals surface area contributed by atoms with E-state index in [1.165, 1.54) is 18.4 Å². The summed E-state index contributed by atoms with van der Waals surface area (Å²) in [6, 6.07) is 4.91. The Hall–Kier alpha value is -1.65. The van der Waals surface area contributed by atoms with Gasteiger partial charge in [-0.05, 0) is 30.4 Å². The summed E-state index contributed by atoms with van der Waals surface area (Å²) in [4.78, 5) is 12.4. The lowest BCUT2D eigenvalue weighted by molar-refractivity contribution is 0.102. The highest BCUT2D eigenvalue weighted by Gasteiger charge is 2.17. The van der Waals surface area contributed by atoms with Crippen LogP contribution in [-0.4, -0.2) is 43.6 Å². The lowest BCUT2D eigenvalue weighted by Crippen LogP contribution is -2.26. The Balaban J connectivity index is 2.23. The van der Waals surface area contributed by atoms with Crippen molar-refractivity contribution in [3.63, 3.8) is 0 Å². The first kappa shape index (κ1) is 18.7. The average molecular weight is 387 g/mol. The van der Waals surface area contributed by atoms with Crippen molar-refractivity contribution in [2.45, 2.75) is 18.2 Å². The topological polar surface area (TPSA) is 92.3 Å². The number of hydrogen-bond acceptors (Lipinski definition) is 7. The Morgan fingerprint density at radius 2 is 2.08 bits per heavy atom. The number of aromatic nitrogens is 2. The second kappa shape index (κ2) is 7.49. The van der Waals surface area contributed by atoms with Gasteiger partial charge in [-0.15, -0.1) is 10.2 Å². The SMILES string of the molecule is CCSc1nnc(NC(=O)c2ccc(C)c(N(C)S(C)(=O)=O)c2)s1. The van der Waals surface area contributed by atoms with E-state index in [0.717, 1.165) is 26.2 Å². The molecule has 1 N–H and O–H groups in total. The Labute approximate surface area is 149 Å². The maximum Gasteiger partial charge on any atom is 0.257 e. The van der Waals surface area contributed by atoms with Gasteiger partial charge < -0.3 is 0 Å². The van der Waals surface area contributed by atoms with Crippen molar-refractivity contribution in [3.05, 3.63) is 29.3 Å². The van der Waals surface area contributed by atoms with Gasteiger partial charge in [-0.3, -0.25) is 14.4 Å². The van der Waals surface area contributed by atoms with E-state index in [4.69, 9.17) is 0 Å². The molecule has 1 heterocycles. The summed E-state index contributed by atoms with van der Waals surface area (Å²) in [7, 11) is -1.95. The third kappa shape index (κ3) is 4.46. The van der Waals surface area contributed by atoms with E-state index in [0.29, 0.717) is 16.4 Å². The molecule has 1 aromatic carbocycles. The third-order valence-corrected chi connectivity index (χ3v) is 6.25. The standard InChI is InChI=1S/C14H18N4O3S3/c1-5-22-14-17-16-13(23-14)15-12(19)10-7-6-9(2)11(8-10)18(3)24(4,20)21/h6-8H,5H2,1-4H3,(H,15,16,19). The summed E-state index contributed by atoms with van der Waals surface area (Å²) < 4.78 is 25.4. The van der Waals surface area contributed by atoms with E-state index in [2.05, 4.69) is 15.5 Å². The largest absolute Gasteiger partial charge is 0.296 e. The fourth-order valence-corrected chi connectivity index (χ4v) is 4.08. The molecule has 24 heavy (non-hydrogen) atoms. The van der Waals surface area contributed by atoms with Gasteiger partial charge in [-0.1, -0.05) is 36.1 Å². The van der Waals surface area contributed by atoms with Crippen LogP contribution in [0.2, 0.25) is 0 Å². The summed E-state index contributed by atoms with van der Waals surface area (Å²) in [6.07, 6.45) is 1.12. The summed E-state index contributed by atoms with van der Waals surface area (Å²) in [6.45, 7) is 3.80.